The number of rotatable bonds is 6. The number of hydrogen-bond acceptors (Lipinski definition) is 1. The van der Waals surface area contributed by atoms with E-state index in [1.807, 2.05) is 0 Å². The summed E-state index contributed by atoms with van der Waals surface area (Å²) in [7, 11) is 6.66. The van der Waals surface area contributed by atoms with E-state index in [0.717, 1.165) is 37.1 Å². The summed E-state index contributed by atoms with van der Waals surface area (Å²) < 4.78 is 0. The second-order valence-corrected chi connectivity index (χ2v) is 7.10. The molecule has 0 aliphatic carbocycles. The average molecular weight is 249 g/mol. The lowest BCUT2D eigenvalue weighted by molar-refractivity contribution is 0.157. The fraction of sp³-hybridized carbons (Fsp3) is 1.00. The zero-order valence-corrected chi connectivity index (χ0v) is 13.2. The van der Waals surface area contributed by atoms with Crippen LogP contribution in [-0.4, -0.2) is 32.4 Å². The first-order valence-corrected chi connectivity index (χ1v) is 7.87. The van der Waals surface area contributed by atoms with Crippen LogP contribution in [0.1, 0.15) is 60.3 Å². The molecule has 0 amide bonds. The molecule has 18 heavy (non-hydrogen) atoms. The van der Waals surface area contributed by atoms with Gasteiger partial charge < -0.3 is 4.90 Å². The lowest BCUT2D eigenvalue weighted by atomic mass is 9.61. The van der Waals surface area contributed by atoms with Gasteiger partial charge in [-0.3, -0.25) is 0 Å². The minimum atomic E-state index is 0.0181. The predicted octanol–water partition coefficient (Wildman–Crippen LogP) is 4.14. The molecule has 104 valence electrons. The molecule has 0 N–H and O–H groups in total. The summed E-state index contributed by atoms with van der Waals surface area (Å²) in [4.78, 5) is 2.59. The van der Waals surface area contributed by atoms with Gasteiger partial charge in [-0.25, -0.2) is 0 Å². The van der Waals surface area contributed by atoms with Gasteiger partial charge in [0.2, 0.25) is 0 Å². The molecule has 0 aromatic heterocycles. The third-order valence-corrected chi connectivity index (χ3v) is 4.99. The van der Waals surface area contributed by atoms with Crippen LogP contribution in [0.4, 0.5) is 0 Å². The topological polar surface area (TPSA) is 3.24 Å². The smallest absolute Gasteiger partial charge is 0.0763 e. The molecule has 0 aromatic carbocycles. The Morgan fingerprint density at radius 1 is 1.22 bits per heavy atom. The van der Waals surface area contributed by atoms with Crippen molar-refractivity contribution in [2.24, 2.45) is 17.8 Å². The third kappa shape index (κ3) is 4.95. The molecule has 1 saturated heterocycles. The average Bonchev–Trinajstić information content (AvgIpc) is 2.32. The number of hydrogen-bond donors (Lipinski definition) is 0. The quantitative estimate of drug-likeness (QED) is 0.639. The summed E-state index contributed by atoms with van der Waals surface area (Å²) in [5.41, 5.74) is 0. The molecule has 1 rings (SSSR count). The van der Waals surface area contributed by atoms with E-state index in [2.05, 4.69) is 39.5 Å². The first-order valence-electron chi connectivity index (χ1n) is 7.87. The van der Waals surface area contributed by atoms with Crippen molar-refractivity contribution in [1.29, 1.82) is 0 Å². The Balaban J connectivity index is 2.48. The second kappa shape index (κ2) is 6.98. The van der Waals surface area contributed by atoms with Gasteiger partial charge in [0.15, 0.2) is 0 Å². The number of nitrogens with zero attached hydrogens (tertiary/aromatic N) is 1. The van der Waals surface area contributed by atoms with E-state index in [1.165, 1.54) is 25.9 Å². The van der Waals surface area contributed by atoms with Crippen molar-refractivity contribution in [2.45, 2.75) is 65.6 Å². The van der Waals surface area contributed by atoms with Gasteiger partial charge in [-0.15, -0.1) is 0 Å². The Morgan fingerprint density at radius 3 is 2.22 bits per heavy atom. The van der Waals surface area contributed by atoms with Crippen LogP contribution >= 0.6 is 0 Å². The minimum absolute atomic E-state index is 0.0181. The van der Waals surface area contributed by atoms with E-state index in [1.54, 1.807) is 0 Å². The minimum Gasteiger partial charge on any atom is -0.304 e. The van der Waals surface area contributed by atoms with E-state index in [9.17, 15) is 0 Å². The molecule has 0 spiro atoms. The standard InChI is InChI=1S/C16H32BN/c1-6-16(17,11-15(5)13(2)3)12-18-9-7-14(4)8-10-18/h13-15H,6-12H2,1-5H3. The van der Waals surface area contributed by atoms with Crippen molar-refractivity contribution in [1.82, 2.24) is 4.90 Å². The van der Waals surface area contributed by atoms with Gasteiger partial charge in [-0.1, -0.05) is 52.8 Å². The molecule has 1 heterocycles. The van der Waals surface area contributed by atoms with Crippen LogP contribution in [0.15, 0.2) is 0 Å². The third-order valence-electron chi connectivity index (χ3n) is 4.99. The van der Waals surface area contributed by atoms with E-state index >= 15 is 0 Å². The molecule has 1 fully saturated rings. The summed E-state index contributed by atoms with van der Waals surface area (Å²) in [6, 6.07) is 0. The van der Waals surface area contributed by atoms with Gasteiger partial charge in [0.25, 0.3) is 0 Å². The van der Waals surface area contributed by atoms with E-state index in [4.69, 9.17) is 7.85 Å². The molecular formula is C16H32BN. The lowest BCUT2D eigenvalue weighted by Crippen LogP contribution is -2.39. The number of piperidine rings is 1. The van der Waals surface area contributed by atoms with Crippen molar-refractivity contribution in [2.75, 3.05) is 19.6 Å². The van der Waals surface area contributed by atoms with Gasteiger partial charge in [0, 0.05) is 0 Å². The molecule has 1 aliphatic rings. The highest BCUT2D eigenvalue weighted by Crippen LogP contribution is 2.38. The first-order chi connectivity index (χ1) is 8.36. The Bertz CT molecular complexity index is 233. The van der Waals surface area contributed by atoms with Gasteiger partial charge >= 0.3 is 0 Å². The predicted molar refractivity (Wildman–Crippen MR) is 82.2 cm³/mol. The zero-order chi connectivity index (χ0) is 13.8. The van der Waals surface area contributed by atoms with Gasteiger partial charge in [-0.05, 0) is 50.2 Å². The molecule has 2 unspecified atom stereocenters. The largest absolute Gasteiger partial charge is 0.304 e. The maximum Gasteiger partial charge on any atom is 0.0763 e. The normalized spacial score (nSPS) is 24.1. The first kappa shape index (κ1) is 16.1. The van der Waals surface area contributed by atoms with Crippen LogP contribution in [0.5, 0.6) is 0 Å². The summed E-state index contributed by atoms with van der Waals surface area (Å²) in [5, 5.41) is 0.0181. The molecule has 1 aliphatic heterocycles. The van der Waals surface area contributed by atoms with Crippen molar-refractivity contribution >= 4 is 7.85 Å². The highest BCUT2D eigenvalue weighted by atomic mass is 15.1. The Hall–Kier alpha value is 0.0249. The molecule has 0 aromatic rings. The van der Waals surface area contributed by atoms with E-state index < -0.39 is 0 Å². The second-order valence-electron chi connectivity index (χ2n) is 7.10. The summed E-state index contributed by atoms with van der Waals surface area (Å²) in [6.45, 7) is 15.2. The van der Waals surface area contributed by atoms with Crippen molar-refractivity contribution in [3.8, 4) is 0 Å². The Kier molecular flexibility index (Phi) is 6.24. The SMILES string of the molecule is [B]C(CC)(CC(C)C(C)C)CN1CCC(C)CC1. The summed E-state index contributed by atoms with van der Waals surface area (Å²) in [5.74, 6) is 2.36. The van der Waals surface area contributed by atoms with Crippen LogP contribution in [0.25, 0.3) is 0 Å². The summed E-state index contributed by atoms with van der Waals surface area (Å²) in [6.07, 6.45) is 4.95. The van der Waals surface area contributed by atoms with Crippen LogP contribution in [0.3, 0.4) is 0 Å². The molecule has 0 saturated carbocycles. The fourth-order valence-electron chi connectivity index (χ4n) is 2.86. The highest BCUT2D eigenvalue weighted by Gasteiger charge is 2.29. The lowest BCUT2D eigenvalue weighted by Gasteiger charge is -2.40. The highest BCUT2D eigenvalue weighted by molar-refractivity contribution is 6.15. The van der Waals surface area contributed by atoms with Crippen molar-refractivity contribution < 1.29 is 0 Å². The van der Waals surface area contributed by atoms with Gasteiger partial charge in [0.1, 0.15) is 0 Å². The maximum absolute atomic E-state index is 6.66. The summed E-state index contributed by atoms with van der Waals surface area (Å²) >= 11 is 0. The van der Waals surface area contributed by atoms with Crippen LogP contribution in [0, 0.1) is 17.8 Å². The fourth-order valence-corrected chi connectivity index (χ4v) is 2.86. The molecule has 2 heteroatoms. The molecular weight excluding hydrogens is 217 g/mol. The van der Waals surface area contributed by atoms with Gasteiger partial charge in [-0.2, -0.15) is 0 Å². The van der Waals surface area contributed by atoms with Crippen LogP contribution < -0.4 is 0 Å². The van der Waals surface area contributed by atoms with Crippen molar-refractivity contribution in [3.63, 3.8) is 0 Å². The van der Waals surface area contributed by atoms with Crippen LogP contribution in [0.2, 0.25) is 5.31 Å². The molecule has 2 radical (unpaired) electrons. The Labute approximate surface area is 116 Å². The molecule has 1 nitrogen and oxygen atoms in total. The maximum atomic E-state index is 6.66. The van der Waals surface area contributed by atoms with E-state index in [-0.39, 0.29) is 5.31 Å². The van der Waals surface area contributed by atoms with Crippen molar-refractivity contribution in [3.05, 3.63) is 0 Å². The zero-order valence-electron chi connectivity index (χ0n) is 13.2. The van der Waals surface area contributed by atoms with E-state index in [0.29, 0.717) is 0 Å². The number of likely N-dealkylation sites (tertiary alicyclic amines) is 1. The molecule has 2 atom stereocenters. The Morgan fingerprint density at radius 2 is 1.78 bits per heavy atom. The van der Waals surface area contributed by atoms with Gasteiger partial charge in [0.05, 0.1) is 7.85 Å². The van der Waals surface area contributed by atoms with Crippen LogP contribution in [-0.2, 0) is 0 Å². The monoisotopic (exact) mass is 249 g/mol. The molecule has 0 bridgehead atoms.